The molecule has 10 rings (SSSR count). The van der Waals surface area contributed by atoms with Gasteiger partial charge in [0.1, 0.15) is 11.2 Å². The van der Waals surface area contributed by atoms with Crippen LogP contribution in [0.5, 0.6) is 0 Å². The van der Waals surface area contributed by atoms with Gasteiger partial charge in [0.15, 0.2) is 17.5 Å². The average Bonchev–Trinajstić information content (AvgIpc) is 3.74. The Morgan fingerprint density at radius 2 is 0.980 bits per heavy atom. The summed E-state index contributed by atoms with van der Waals surface area (Å²) in [5.74, 6) is 1.81. The minimum absolute atomic E-state index is 0.594. The summed E-state index contributed by atoms with van der Waals surface area (Å²) in [6.45, 7) is 0. The van der Waals surface area contributed by atoms with Crippen LogP contribution in [0.3, 0.4) is 0 Å². The minimum atomic E-state index is 0.594. The van der Waals surface area contributed by atoms with Crippen molar-refractivity contribution in [3.05, 3.63) is 170 Å². The van der Waals surface area contributed by atoms with Crippen molar-refractivity contribution in [3.8, 4) is 51.0 Å². The molecule has 10 aromatic rings. The van der Waals surface area contributed by atoms with Gasteiger partial charge in [0.2, 0.25) is 0 Å². The van der Waals surface area contributed by atoms with Crippen LogP contribution in [0.15, 0.2) is 174 Å². The summed E-state index contributed by atoms with van der Waals surface area (Å²) in [4.78, 5) is 15.3. The fraction of sp³-hybridized carbons (Fsp3) is 0. The van der Waals surface area contributed by atoms with E-state index in [9.17, 15) is 0 Å². The lowest BCUT2D eigenvalue weighted by Gasteiger charge is -2.12. The van der Waals surface area contributed by atoms with Gasteiger partial charge in [-0.05, 0) is 53.6 Å². The summed E-state index contributed by atoms with van der Waals surface area (Å²) in [7, 11) is 0. The van der Waals surface area contributed by atoms with Crippen LogP contribution in [-0.4, -0.2) is 19.5 Å². The van der Waals surface area contributed by atoms with E-state index in [1.807, 2.05) is 48.5 Å². The lowest BCUT2D eigenvalue weighted by Crippen LogP contribution is -2.01. The van der Waals surface area contributed by atoms with Crippen molar-refractivity contribution in [1.29, 1.82) is 0 Å². The van der Waals surface area contributed by atoms with Crippen LogP contribution < -0.4 is 0 Å². The SMILES string of the molecule is c1ccc(-c2ccc3c(c2)oc2cccc(-c4nc(-c5ccccc5)nc(-c5cccc(-n6c7ccccc7c7ccccc76)c5)n4)c23)cc1. The molecule has 5 nitrogen and oxygen atoms in total. The van der Waals surface area contributed by atoms with Gasteiger partial charge in [-0.1, -0.05) is 127 Å². The molecule has 0 saturated heterocycles. The number of aromatic nitrogens is 4. The molecule has 0 N–H and O–H groups in total. The first kappa shape index (κ1) is 28.2. The molecule has 234 valence electrons. The zero-order valence-corrected chi connectivity index (χ0v) is 26.9. The van der Waals surface area contributed by atoms with Gasteiger partial charge in [-0.15, -0.1) is 0 Å². The molecule has 3 heterocycles. The quantitative estimate of drug-likeness (QED) is 0.188. The summed E-state index contributed by atoms with van der Waals surface area (Å²) in [5.41, 5.74) is 9.94. The molecule has 3 aromatic heterocycles. The zero-order valence-electron chi connectivity index (χ0n) is 26.9. The second-order valence-corrected chi connectivity index (χ2v) is 12.5. The van der Waals surface area contributed by atoms with E-state index >= 15 is 0 Å². The molecule has 50 heavy (non-hydrogen) atoms. The van der Waals surface area contributed by atoms with Gasteiger partial charge >= 0.3 is 0 Å². The van der Waals surface area contributed by atoms with Crippen molar-refractivity contribution in [3.63, 3.8) is 0 Å². The Kier molecular flexibility index (Phi) is 6.42. The van der Waals surface area contributed by atoms with Gasteiger partial charge in [-0.2, -0.15) is 0 Å². The molecular formula is C45H28N4O. The highest BCUT2D eigenvalue weighted by molar-refractivity contribution is 6.12. The Bertz CT molecular complexity index is 2820. The Morgan fingerprint density at radius 3 is 1.72 bits per heavy atom. The summed E-state index contributed by atoms with van der Waals surface area (Å²) >= 11 is 0. The molecule has 0 spiro atoms. The molecule has 0 saturated carbocycles. The minimum Gasteiger partial charge on any atom is -0.456 e. The summed E-state index contributed by atoms with van der Waals surface area (Å²) < 4.78 is 8.78. The Balaban J connectivity index is 1.17. The maximum absolute atomic E-state index is 6.46. The number of nitrogens with zero attached hydrogens (tertiary/aromatic N) is 4. The standard InChI is InChI=1S/C45H28N4O/c1-3-13-29(14-4-1)31-25-26-36-41(28-31)50-40-24-12-21-37(42(36)40)45-47-43(30-15-5-2-6-16-30)46-44(48-45)32-17-11-18-33(27-32)49-38-22-9-7-19-34(38)35-20-8-10-23-39(35)49/h1-28H. The van der Waals surface area contributed by atoms with E-state index < -0.39 is 0 Å². The molecule has 0 fully saturated rings. The topological polar surface area (TPSA) is 56.7 Å². The second kappa shape index (κ2) is 11.4. The summed E-state index contributed by atoms with van der Waals surface area (Å²) in [6, 6.07) is 58.5. The molecule has 0 unspecified atom stereocenters. The van der Waals surface area contributed by atoms with E-state index in [4.69, 9.17) is 19.4 Å². The van der Waals surface area contributed by atoms with Crippen LogP contribution in [0.4, 0.5) is 0 Å². The molecular weight excluding hydrogens is 613 g/mol. The van der Waals surface area contributed by atoms with Crippen LogP contribution in [0.1, 0.15) is 0 Å². The second-order valence-electron chi connectivity index (χ2n) is 12.5. The largest absolute Gasteiger partial charge is 0.456 e. The van der Waals surface area contributed by atoms with E-state index in [1.165, 1.54) is 10.8 Å². The number of hydrogen-bond donors (Lipinski definition) is 0. The number of rotatable bonds is 5. The highest BCUT2D eigenvalue weighted by atomic mass is 16.3. The van der Waals surface area contributed by atoms with Crippen molar-refractivity contribution in [1.82, 2.24) is 19.5 Å². The van der Waals surface area contributed by atoms with Gasteiger partial charge in [0.05, 0.1) is 11.0 Å². The first-order chi connectivity index (χ1) is 24.8. The van der Waals surface area contributed by atoms with Crippen molar-refractivity contribution in [2.45, 2.75) is 0 Å². The third kappa shape index (κ3) is 4.60. The molecule has 7 aromatic carbocycles. The number of benzene rings is 7. The number of fused-ring (bicyclic) bond motifs is 6. The molecule has 0 radical (unpaired) electrons. The monoisotopic (exact) mass is 640 g/mol. The number of para-hydroxylation sites is 2. The molecule has 0 aliphatic rings. The highest BCUT2D eigenvalue weighted by Gasteiger charge is 2.19. The Hall–Kier alpha value is -6.85. The first-order valence-corrected chi connectivity index (χ1v) is 16.7. The lowest BCUT2D eigenvalue weighted by atomic mass is 10.0. The van der Waals surface area contributed by atoms with Crippen molar-refractivity contribution >= 4 is 43.7 Å². The van der Waals surface area contributed by atoms with Crippen molar-refractivity contribution < 1.29 is 4.42 Å². The van der Waals surface area contributed by atoms with Gasteiger partial charge < -0.3 is 8.98 Å². The highest BCUT2D eigenvalue weighted by Crippen LogP contribution is 2.39. The van der Waals surface area contributed by atoms with Gasteiger partial charge in [-0.3, -0.25) is 0 Å². The maximum Gasteiger partial charge on any atom is 0.164 e. The summed E-state index contributed by atoms with van der Waals surface area (Å²) in [6.07, 6.45) is 0. The third-order valence-corrected chi connectivity index (χ3v) is 9.46. The van der Waals surface area contributed by atoms with Crippen molar-refractivity contribution in [2.24, 2.45) is 0 Å². The van der Waals surface area contributed by atoms with Crippen LogP contribution in [0.25, 0.3) is 94.7 Å². The van der Waals surface area contributed by atoms with Crippen LogP contribution in [0.2, 0.25) is 0 Å². The Morgan fingerprint density at radius 1 is 0.380 bits per heavy atom. The van der Waals surface area contributed by atoms with Gasteiger partial charge in [0.25, 0.3) is 0 Å². The van der Waals surface area contributed by atoms with Gasteiger partial charge in [-0.25, -0.2) is 15.0 Å². The molecule has 0 aliphatic heterocycles. The zero-order chi connectivity index (χ0) is 33.0. The summed E-state index contributed by atoms with van der Waals surface area (Å²) in [5, 5.41) is 4.45. The van der Waals surface area contributed by atoms with E-state index in [-0.39, 0.29) is 0 Å². The fourth-order valence-electron chi connectivity index (χ4n) is 7.15. The fourth-order valence-corrected chi connectivity index (χ4v) is 7.15. The molecule has 0 atom stereocenters. The Labute approximate surface area is 287 Å². The predicted octanol–water partition coefficient (Wildman–Crippen LogP) is 11.5. The maximum atomic E-state index is 6.46. The predicted molar refractivity (Wildman–Crippen MR) is 203 cm³/mol. The van der Waals surface area contributed by atoms with E-state index in [0.29, 0.717) is 17.5 Å². The average molecular weight is 641 g/mol. The third-order valence-electron chi connectivity index (χ3n) is 9.46. The van der Waals surface area contributed by atoms with E-state index in [2.05, 4.69) is 126 Å². The molecule has 0 amide bonds. The van der Waals surface area contributed by atoms with E-state index in [0.717, 1.165) is 66.5 Å². The van der Waals surface area contributed by atoms with Gasteiger partial charge in [0, 0.05) is 43.9 Å². The van der Waals surface area contributed by atoms with Crippen LogP contribution in [-0.2, 0) is 0 Å². The molecule has 0 aliphatic carbocycles. The van der Waals surface area contributed by atoms with Crippen LogP contribution >= 0.6 is 0 Å². The molecule has 5 heteroatoms. The first-order valence-electron chi connectivity index (χ1n) is 16.7. The van der Waals surface area contributed by atoms with Crippen molar-refractivity contribution in [2.75, 3.05) is 0 Å². The molecule has 0 bridgehead atoms. The normalized spacial score (nSPS) is 11.6. The number of hydrogen-bond acceptors (Lipinski definition) is 4. The van der Waals surface area contributed by atoms with E-state index in [1.54, 1.807) is 0 Å². The number of furan rings is 1. The lowest BCUT2D eigenvalue weighted by molar-refractivity contribution is 0.669. The van der Waals surface area contributed by atoms with Crippen LogP contribution in [0, 0.1) is 0 Å². The smallest absolute Gasteiger partial charge is 0.164 e.